The lowest BCUT2D eigenvalue weighted by atomic mass is 9.87. The predicted octanol–water partition coefficient (Wildman–Crippen LogP) is 9.09. The Bertz CT molecular complexity index is 1890. The maximum Gasteiger partial charge on any atom is 0.126 e. The summed E-state index contributed by atoms with van der Waals surface area (Å²) in [7, 11) is 0. The van der Waals surface area contributed by atoms with Crippen LogP contribution in [0.5, 0.6) is 0 Å². The van der Waals surface area contributed by atoms with E-state index in [2.05, 4.69) is 146 Å². The highest BCUT2D eigenvalue weighted by Crippen LogP contribution is 2.30. The van der Waals surface area contributed by atoms with Crippen LogP contribution in [0.4, 0.5) is 0 Å². The van der Waals surface area contributed by atoms with Gasteiger partial charge in [0.25, 0.3) is 0 Å². The standard InChI is InChI=1S/C48H60N6.2C3H6O/c1-31-43-25-49-19-37-10-7-12-39(16-37)22-52-28-46-34(4)47-29-53-23-40-13-8-11-38(17-40)20-50-26-44(31)33(3)45(32(43)2)27-51-21-41-14-9-15-42(18-41)24-54-30-48(35(46)5)36(47)6;2*1-3(2)4/h7-18,49-54H,19-30H2,1-6H3;2*1-2H3. The van der Waals surface area contributed by atoms with Gasteiger partial charge in [-0.3, -0.25) is 0 Å². The smallest absolute Gasteiger partial charge is 0.126 e. The summed E-state index contributed by atoms with van der Waals surface area (Å²) in [5.41, 5.74) is 24.8. The van der Waals surface area contributed by atoms with Gasteiger partial charge in [-0.1, -0.05) is 72.8 Å². The molecule has 0 atom stereocenters. The molecule has 5 aromatic rings. The minimum Gasteiger partial charge on any atom is -0.309 e. The van der Waals surface area contributed by atoms with E-state index in [-0.39, 0.29) is 11.6 Å². The number of carbonyl (C=O) groups is 2. The van der Waals surface area contributed by atoms with Crippen LogP contribution in [0, 0.1) is 41.5 Å². The first-order valence-electron chi connectivity index (χ1n) is 22.4. The van der Waals surface area contributed by atoms with Gasteiger partial charge >= 0.3 is 0 Å². The van der Waals surface area contributed by atoms with Gasteiger partial charge in [-0.05, 0) is 169 Å². The maximum atomic E-state index is 9.44. The molecule has 3 aliphatic rings. The van der Waals surface area contributed by atoms with Gasteiger partial charge in [0.15, 0.2) is 0 Å². The minimum absolute atomic E-state index is 0.167. The van der Waals surface area contributed by atoms with E-state index in [1.54, 1.807) is 0 Å². The van der Waals surface area contributed by atoms with Crippen LogP contribution < -0.4 is 31.9 Å². The SMILES string of the molecule is CC(C)=O.CC(C)=O.Cc1c2c(C)c3c(C)c1CNCc1cccc(c1)CNCc1c(C)c(c(C)c(c1C)CNCc1cccc(c1)CNC3)CNCc1cccc(c1)CNC2. The Hall–Kier alpha value is -4.80. The van der Waals surface area contributed by atoms with Crippen molar-refractivity contribution in [3.8, 4) is 0 Å². The molecule has 5 aromatic carbocycles. The van der Waals surface area contributed by atoms with Gasteiger partial charge in [-0.25, -0.2) is 0 Å². The second-order valence-electron chi connectivity index (χ2n) is 17.5. The minimum atomic E-state index is 0.167. The van der Waals surface area contributed by atoms with Crippen LogP contribution in [0.15, 0.2) is 72.8 Å². The number of Topliss-reactive ketones (excluding diaryl/α,β-unsaturated/α-hetero) is 2. The zero-order chi connectivity index (χ0) is 44.8. The summed E-state index contributed by atoms with van der Waals surface area (Å²) in [5.74, 6) is 0.333. The maximum absolute atomic E-state index is 9.44. The number of hydrogen-bond acceptors (Lipinski definition) is 8. The average Bonchev–Trinajstić information content (AvgIpc) is 3.22. The molecule has 8 nitrogen and oxygen atoms in total. The van der Waals surface area contributed by atoms with Gasteiger partial charge in [0.2, 0.25) is 0 Å². The fourth-order valence-corrected chi connectivity index (χ4v) is 8.91. The lowest BCUT2D eigenvalue weighted by Crippen LogP contribution is -2.23. The lowest BCUT2D eigenvalue weighted by Gasteiger charge is -2.24. The van der Waals surface area contributed by atoms with E-state index in [1.165, 1.54) is 128 Å². The molecule has 0 fully saturated rings. The van der Waals surface area contributed by atoms with E-state index < -0.39 is 0 Å². The molecule has 0 saturated carbocycles. The molecule has 8 heteroatoms. The molecule has 0 spiro atoms. The molecule has 0 aromatic heterocycles. The lowest BCUT2D eigenvalue weighted by molar-refractivity contribution is -0.115. The molecule has 0 aliphatic carbocycles. The largest absolute Gasteiger partial charge is 0.309 e. The quantitative estimate of drug-likeness (QED) is 0.0919. The molecule has 8 rings (SSSR count). The molecule has 330 valence electrons. The van der Waals surface area contributed by atoms with Gasteiger partial charge in [-0.2, -0.15) is 0 Å². The number of hydrogen-bond donors (Lipinski definition) is 6. The third kappa shape index (κ3) is 13.6. The first kappa shape index (κ1) is 48.2. The molecule has 62 heavy (non-hydrogen) atoms. The highest BCUT2D eigenvalue weighted by atomic mass is 16.1. The van der Waals surface area contributed by atoms with Crippen LogP contribution in [-0.4, -0.2) is 11.6 Å². The number of rotatable bonds is 0. The van der Waals surface area contributed by atoms with Crippen LogP contribution in [0.1, 0.15) is 128 Å². The zero-order valence-electron chi connectivity index (χ0n) is 39.2. The summed E-state index contributed by atoms with van der Waals surface area (Å²) in [4.78, 5) is 18.9. The zero-order valence-corrected chi connectivity index (χ0v) is 39.2. The first-order chi connectivity index (χ1) is 29.7. The van der Waals surface area contributed by atoms with Crippen LogP contribution in [0.3, 0.4) is 0 Å². The van der Waals surface area contributed by atoms with Gasteiger partial charge in [-0.15, -0.1) is 0 Å². The Kier molecular flexibility index (Phi) is 18.4. The molecule has 0 unspecified atom stereocenters. The van der Waals surface area contributed by atoms with E-state index in [1.807, 2.05) is 0 Å². The molecule has 3 aliphatic heterocycles. The predicted molar refractivity (Wildman–Crippen MR) is 257 cm³/mol. The Morgan fingerprint density at radius 3 is 0.597 bits per heavy atom. The van der Waals surface area contributed by atoms with Crippen molar-refractivity contribution in [2.24, 2.45) is 0 Å². The van der Waals surface area contributed by atoms with Gasteiger partial charge in [0.1, 0.15) is 11.6 Å². The van der Waals surface area contributed by atoms with Crippen LogP contribution in [0.25, 0.3) is 0 Å². The van der Waals surface area contributed by atoms with Crippen molar-refractivity contribution in [2.75, 3.05) is 0 Å². The van der Waals surface area contributed by atoms with E-state index in [9.17, 15) is 9.59 Å². The number of nitrogens with one attached hydrogen (secondary N) is 6. The highest BCUT2D eigenvalue weighted by molar-refractivity contribution is 5.72. The second-order valence-corrected chi connectivity index (χ2v) is 17.5. The van der Waals surface area contributed by atoms with Crippen molar-refractivity contribution < 1.29 is 9.59 Å². The molecule has 0 saturated heterocycles. The summed E-state index contributed by atoms with van der Waals surface area (Å²) in [5, 5.41) is 23.1. The molecule has 3 heterocycles. The third-order valence-corrected chi connectivity index (χ3v) is 12.2. The molecule has 6 N–H and O–H groups in total. The summed E-state index contributed by atoms with van der Waals surface area (Å²) < 4.78 is 0. The fraction of sp³-hybridized carbons (Fsp3) is 0.407. The highest BCUT2D eigenvalue weighted by Gasteiger charge is 2.19. The summed E-state index contributed by atoms with van der Waals surface area (Å²) >= 11 is 0. The Balaban J connectivity index is 0.000000836. The summed E-state index contributed by atoms with van der Waals surface area (Å²) in [6.07, 6.45) is 0. The Morgan fingerprint density at radius 2 is 0.452 bits per heavy atom. The van der Waals surface area contributed by atoms with E-state index >= 15 is 0 Å². The van der Waals surface area contributed by atoms with Crippen molar-refractivity contribution in [3.63, 3.8) is 0 Å². The topological polar surface area (TPSA) is 106 Å². The van der Waals surface area contributed by atoms with E-state index in [0.29, 0.717) is 0 Å². The number of benzene rings is 5. The molecule has 0 amide bonds. The van der Waals surface area contributed by atoms with Crippen LogP contribution in [0.2, 0.25) is 0 Å². The summed E-state index contributed by atoms with van der Waals surface area (Å²) in [6.45, 7) is 30.1. The summed E-state index contributed by atoms with van der Waals surface area (Å²) in [6, 6.07) is 27.2. The second kappa shape index (κ2) is 23.6. The van der Waals surface area contributed by atoms with E-state index in [0.717, 1.165) is 78.5 Å². The third-order valence-electron chi connectivity index (χ3n) is 12.2. The molecule has 12 bridgehead atoms. The van der Waals surface area contributed by atoms with Crippen molar-refractivity contribution in [1.29, 1.82) is 0 Å². The number of carbonyl (C=O) groups excluding carboxylic acids is 2. The van der Waals surface area contributed by atoms with Crippen molar-refractivity contribution in [3.05, 3.63) is 173 Å². The van der Waals surface area contributed by atoms with Gasteiger partial charge in [0, 0.05) is 78.5 Å². The van der Waals surface area contributed by atoms with Crippen molar-refractivity contribution in [2.45, 2.75) is 148 Å². The van der Waals surface area contributed by atoms with Crippen molar-refractivity contribution in [1.82, 2.24) is 31.9 Å². The number of fused-ring (bicyclic) bond motifs is 12. The molecular formula is C54H72N6O2. The Morgan fingerprint density at radius 1 is 0.306 bits per heavy atom. The Labute approximate surface area is 372 Å². The van der Waals surface area contributed by atoms with Gasteiger partial charge < -0.3 is 41.5 Å². The van der Waals surface area contributed by atoms with E-state index in [4.69, 9.17) is 0 Å². The number of ketones is 2. The molecule has 0 radical (unpaired) electrons. The monoisotopic (exact) mass is 837 g/mol. The normalized spacial score (nSPS) is 14.9. The van der Waals surface area contributed by atoms with Crippen LogP contribution in [-0.2, 0) is 88.1 Å². The van der Waals surface area contributed by atoms with Gasteiger partial charge in [0.05, 0.1) is 0 Å². The van der Waals surface area contributed by atoms with Crippen LogP contribution >= 0.6 is 0 Å². The fourth-order valence-electron chi connectivity index (χ4n) is 8.91. The van der Waals surface area contributed by atoms with Crippen molar-refractivity contribution >= 4 is 11.6 Å². The first-order valence-corrected chi connectivity index (χ1v) is 22.4. The average molecular weight is 837 g/mol. The molecular weight excluding hydrogens is 765 g/mol.